The van der Waals surface area contributed by atoms with Crippen molar-refractivity contribution in [2.75, 3.05) is 0 Å². The summed E-state index contributed by atoms with van der Waals surface area (Å²) in [6.45, 7) is 6.67. The zero-order valence-electron chi connectivity index (χ0n) is 8.51. The lowest BCUT2D eigenvalue weighted by Gasteiger charge is -2.28. The normalized spacial score (nSPS) is 14.5. The maximum atomic E-state index is 6.37. The highest BCUT2D eigenvalue weighted by Crippen LogP contribution is 2.32. The maximum Gasteiger partial charge on any atom is 0.0435 e. The van der Waals surface area contributed by atoms with Gasteiger partial charge in [0.05, 0.1) is 0 Å². The SMILES string of the molecule is CCC(C)(C)C(Cl)Cc1cccs1. The number of hydrogen-bond acceptors (Lipinski definition) is 1. The van der Waals surface area contributed by atoms with Gasteiger partial charge in [-0.1, -0.05) is 26.8 Å². The van der Waals surface area contributed by atoms with E-state index in [9.17, 15) is 0 Å². The van der Waals surface area contributed by atoms with Crippen LogP contribution in [-0.4, -0.2) is 5.38 Å². The Balaban J connectivity index is 2.55. The topological polar surface area (TPSA) is 0 Å². The molecule has 0 bridgehead atoms. The van der Waals surface area contributed by atoms with E-state index in [4.69, 9.17) is 11.6 Å². The average molecular weight is 217 g/mol. The molecule has 1 unspecified atom stereocenters. The molecule has 1 aromatic heterocycles. The van der Waals surface area contributed by atoms with Crippen LogP contribution in [0.1, 0.15) is 32.1 Å². The molecule has 0 aliphatic carbocycles. The van der Waals surface area contributed by atoms with Gasteiger partial charge in [0.15, 0.2) is 0 Å². The number of alkyl halides is 1. The third-order valence-corrected chi connectivity index (χ3v) is 4.36. The van der Waals surface area contributed by atoms with Gasteiger partial charge in [-0.2, -0.15) is 0 Å². The summed E-state index contributed by atoms with van der Waals surface area (Å²) in [5.41, 5.74) is 0.242. The van der Waals surface area contributed by atoms with Crippen molar-refractivity contribution < 1.29 is 0 Å². The first-order chi connectivity index (χ1) is 6.06. The molecule has 0 saturated heterocycles. The molecule has 74 valence electrons. The van der Waals surface area contributed by atoms with Crippen LogP contribution < -0.4 is 0 Å². The Bertz CT molecular complexity index is 239. The van der Waals surface area contributed by atoms with Crippen molar-refractivity contribution in [3.63, 3.8) is 0 Å². The molecule has 0 aromatic carbocycles. The molecular formula is C11H17ClS. The van der Waals surface area contributed by atoms with Gasteiger partial charge in [0.2, 0.25) is 0 Å². The van der Waals surface area contributed by atoms with Crippen molar-refractivity contribution in [2.45, 2.75) is 39.0 Å². The fraction of sp³-hybridized carbons (Fsp3) is 0.636. The lowest BCUT2D eigenvalue weighted by atomic mass is 9.84. The predicted molar refractivity (Wildman–Crippen MR) is 61.7 cm³/mol. The maximum absolute atomic E-state index is 6.37. The minimum Gasteiger partial charge on any atom is -0.149 e. The Morgan fingerprint density at radius 2 is 2.23 bits per heavy atom. The van der Waals surface area contributed by atoms with Gasteiger partial charge in [0.25, 0.3) is 0 Å². The first kappa shape index (κ1) is 11.1. The Morgan fingerprint density at radius 3 is 2.69 bits per heavy atom. The van der Waals surface area contributed by atoms with E-state index < -0.39 is 0 Å². The molecule has 2 heteroatoms. The van der Waals surface area contributed by atoms with Crippen LogP contribution in [0, 0.1) is 5.41 Å². The highest BCUT2D eigenvalue weighted by Gasteiger charge is 2.25. The summed E-state index contributed by atoms with van der Waals surface area (Å²) in [5.74, 6) is 0. The van der Waals surface area contributed by atoms with Gasteiger partial charge in [-0.05, 0) is 29.7 Å². The standard InChI is InChI=1S/C11H17ClS/c1-4-11(2,3)10(12)8-9-6-5-7-13-9/h5-7,10H,4,8H2,1-3H3. The number of thiophene rings is 1. The molecule has 0 radical (unpaired) electrons. The van der Waals surface area contributed by atoms with E-state index in [-0.39, 0.29) is 10.8 Å². The third kappa shape index (κ3) is 2.99. The lowest BCUT2D eigenvalue weighted by Crippen LogP contribution is -2.25. The zero-order chi connectivity index (χ0) is 9.90. The molecule has 0 amide bonds. The summed E-state index contributed by atoms with van der Waals surface area (Å²) in [5, 5.41) is 2.36. The smallest absolute Gasteiger partial charge is 0.0435 e. The molecule has 0 aliphatic heterocycles. The highest BCUT2D eigenvalue weighted by atomic mass is 35.5. The van der Waals surface area contributed by atoms with Crippen LogP contribution in [0.3, 0.4) is 0 Å². The lowest BCUT2D eigenvalue weighted by molar-refractivity contribution is 0.331. The van der Waals surface area contributed by atoms with Gasteiger partial charge in [0.1, 0.15) is 0 Å². The van der Waals surface area contributed by atoms with E-state index in [0.29, 0.717) is 0 Å². The number of halogens is 1. The summed E-state index contributed by atoms with van der Waals surface area (Å²) in [7, 11) is 0. The molecule has 13 heavy (non-hydrogen) atoms. The van der Waals surface area contributed by atoms with Gasteiger partial charge in [-0.25, -0.2) is 0 Å². The molecule has 0 saturated carbocycles. The number of hydrogen-bond donors (Lipinski definition) is 0. The summed E-state index contributed by atoms with van der Waals surface area (Å²) >= 11 is 8.16. The van der Waals surface area contributed by atoms with Crippen molar-refractivity contribution in [1.82, 2.24) is 0 Å². The fourth-order valence-electron chi connectivity index (χ4n) is 1.10. The Kier molecular flexibility index (Phi) is 3.81. The first-order valence-corrected chi connectivity index (χ1v) is 6.04. The van der Waals surface area contributed by atoms with Crippen LogP contribution in [-0.2, 0) is 6.42 Å². The molecule has 0 fully saturated rings. The van der Waals surface area contributed by atoms with Gasteiger partial charge in [-0.15, -0.1) is 22.9 Å². The minimum atomic E-state index is 0.242. The second-order valence-corrected chi connectivity index (χ2v) is 5.65. The highest BCUT2D eigenvalue weighted by molar-refractivity contribution is 7.09. The van der Waals surface area contributed by atoms with Gasteiger partial charge in [-0.3, -0.25) is 0 Å². The van der Waals surface area contributed by atoms with E-state index in [1.54, 1.807) is 11.3 Å². The second kappa shape index (κ2) is 4.47. The molecule has 0 spiro atoms. The van der Waals surface area contributed by atoms with E-state index >= 15 is 0 Å². The third-order valence-electron chi connectivity index (χ3n) is 2.72. The largest absolute Gasteiger partial charge is 0.149 e. The van der Waals surface area contributed by atoms with E-state index in [0.717, 1.165) is 12.8 Å². The van der Waals surface area contributed by atoms with Crippen LogP contribution in [0.4, 0.5) is 0 Å². The predicted octanol–water partition coefficient (Wildman–Crippen LogP) is 4.33. The monoisotopic (exact) mass is 216 g/mol. The van der Waals surface area contributed by atoms with Crippen molar-refractivity contribution in [3.05, 3.63) is 22.4 Å². The van der Waals surface area contributed by atoms with Crippen LogP contribution in [0.15, 0.2) is 17.5 Å². The van der Waals surface area contributed by atoms with E-state index in [1.807, 2.05) is 0 Å². The molecule has 0 N–H and O–H groups in total. The second-order valence-electron chi connectivity index (χ2n) is 4.09. The molecule has 1 rings (SSSR count). The molecule has 1 atom stereocenters. The zero-order valence-corrected chi connectivity index (χ0v) is 10.1. The summed E-state index contributed by atoms with van der Waals surface area (Å²) in [4.78, 5) is 1.39. The minimum absolute atomic E-state index is 0.242. The summed E-state index contributed by atoms with van der Waals surface area (Å²) < 4.78 is 0. The van der Waals surface area contributed by atoms with Crippen molar-refractivity contribution in [1.29, 1.82) is 0 Å². The van der Waals surface area contributed by atoms with E-state index in [2.05, 4.69) is 38.3 Å². The van der Waals surface area contributed by atoms with Crippen molar-refractivity contribution in [2.24, 2.45) is 5.41 Å². The summed E-state index contributed by atoms with van der Waals surface area (Å²) in [6.07, 6.45) is 2.13. The van der Waals surface area contributed by atoms with Crippen LogP contribution in [0.2, 0.25) is 0 Å². The molecular weight excluding hydrogens is 200 g/mol. The van der Waals surface area contributed by atoms with Crippen molar-refractivity contribution in [3.8, 4) is 0 Å². The molecule has 1 aromatic rings. The average Bonchev–Trinajstić information content (AvgIpc) is 2.57. The Morgan fingerprint density at radius 1 is 1.54 bits per heavy atom. The number of rotatable bonds is 4. The van der Waals surface area contributed by atoms with Gasteiger partial charge in [0, 0.05) is 10.3 Å². The van der Waals surface area contributed by atoms with E-state index in [1.165, 1.54) is 4.88 Å². The van der Waals surface area contributed by atoms with Gasteiger partial charge < -0.3 is 0 Å². The first-order valence-electron chi connectivity index (χ1n) is 4.72. The molecule has 0 aliphatic rings. The Labute approximate surface area is 89.9 Å². The quantitative estimate of drug-likeness (QED) is 0.658. The van der Waals surface area contributed by atoms with Crippen molar-refractivity contribution >= 4 is 22.9 Å². The van der Waals surface area contributed by atoms with Crippen LogP contribution in [0.5, 0.6) is 0 Å². The summed E-state index contributed by atoms with van der Waals surface area (Å²) in [6, 6.07) is 4.24. The Hall–Kier alpha value is -0.0100. The van der Waals surface area contributed by atoms with Crippen LogP contribution >= 0.6 is 22.9 Å². The molecule has 1 heterocycles. The van der Waals surface area contributed by atoms with Gasteiger partial charge >= 0.3 is 0 Å². The fourth-order valence-corrected chi connectivity index (χ4v) is 2.27. The molecule has 0 nitrogen and oxygen atoms in total. The van der Waals surface area contributed by atoms with Crippen LogP contribution in [0.25, 0.3) is 0 Å².